The topological polar surface area (TPSA) is 17.1 Å². The maximum Gasteiger partial charge on any atom is 0.147 e. The van der Waals surface area contributed by atoms with Crippen LogP contribution in [0.25, 0.3) is 0 Å². The number of carbonyl (C=O) groups excluding carboxylic acids is 1. The van der Waals surface area contributed by atoms with E-state index in [-0.39, 0.29) is 32.7 Å². The number of rotatable bonds is 4. The van der Waals surface area contributed by atoms with Crippen molar-refractivity contribution >= 4 is 33.5 Å². The Kier molecular flexibility index (Phi) is 5.34. The number of Topliss-reactive ketones (excluding diaryl/α,β-unsaturated/α-hetero) is 1. The highest BCUT2D eigenvalue weighted by molar-refractivity contribution is 9.10. The predicted octanol–water partition coefficient (Wildman–Crippen LogP) is 4.37. The maximum atomic E-state index is 13.7. The number of thioether (sulfide) groups is 1. The standard InChI is InChI=1S/C13H15BrF2OS/c1-13(2,3)18-7-8(17)6-9-11(15)5-4-10(14)12(9)16/h4-5H,6-7H2,1-3H3. The summed E-state index contributed by atoms with van der Waals surface area (Å²) in [6.45, 7) is 5.97. The number of hydrogen-bond donors (Lipinski definition) is 0. The van der Waals surface area contributed by atoms with Crippen LogP contribution in [0.5, 0.6) is 0 Å². The van der Waals surface area contributed by atoms with Crippen molar-refractivity contribution in [1.82, 2.24) is 0 Å². The first-order valence-electron chi connectivity index (χ1n) is 5.49. The Balaban J connectivity index is 2.74. The van der Waals surface area contributed by atoms with Crippen molar-refractivity contribution in [2.24, 2.45) is 0 Å². The summed E-state index contributed by atoms with van der Waals surface area (Å²) in [6.07, 6.45) is -0.208. The van der Waals surface area contributed by atoms with Gasteiger partial charge in [0.25, 0.3) is 0 Å². The number of carbonyl (C=O) groups is 1. The largest absolute Gasteiger partial charge is 0.298 e. The summed E-state index contributed by atoms with van der Waals surface area (Å²) in [4.78, 5) is 11.7. The third-order valence-electron chi connectivity index (χ3n) is 2.18. The van der Waals surface area contributed by atoms with E-state index in [2.05, 4.69) is 15.9 Å². The Morgan fingerprint density at radius 1 is 1.33 bits per heavy atom. The van der Waals surface area contributed by atoms with E-state index < -0.39 is 11.6 Å². The molecule has 1 aromatic carbocycles. The summed E-state index contributed by atoms with van der Waals surface area (Å²) in [5.41, 5.74) is -0.163. The van der Waals surface area contributed by atoms with Crippen LogP contribution in [0.2, 0.25) is 0 Å². The van der Waals surface area contributed by atoms with E-state index in [9.17, 15) is 13.6 Å². The van der Waals surface area contributed by atoms with Crippen molar-refractivity contribution in [3.05, 3.63) is 33.8 Å². The molecule has 0 radical (unpaired) electrons. The summed E-state index contributed by atoms with van der Waals surface area (Å²) in [6, 6.07) is 2.45. The lowest BCUT2D eigenvalue weighted by Crippen LogP contribution is -2.15. The first kappa shape index (κ1) is 15.6. The molecule has 1 aromatic rings. The maximum absolute atomic E-state index is 13.7. The van der Waals surface area contributed by atoms with Crippen LogP contribution < -0.4 is 0 Å². The van der Waals surface area contributed by atoms with Crippen LogP contribution in [-0.4, -0.2) is 16.3 Å². The van der Waals surface area contributed by atoms with E-state index in [1.807, 2.05) is 20.8 Å². The van der Waals surface area contributed by atoms with Gasteiger partial charge in [-0.3, -0.25) is 4.79 Å². The Morgan fingerprint density at radius 2 is 1.94 bits per heavy atom. The molecule has 0 aliphatic rings. The molecule has 0 bridgehead atoms. The molecule has 0 saturated carbocycles. The third kappa shape index (κ3) is 4.69. The van der Waals surface area contributed by atoms with Gasteiger partial charge in [0.05, 0.1) is 10.2 Å². The highest BCUT2D eigenvalue weighted by atomic mass is 79.9. The number of benzene rings is 1. The smallest absolute Gasteiger partial charge is 0.147 e. The Morgan fingerprint density at radius 3 is 2.50 bits per heavy atom. The van der Waals surface area contributed by atoms with Crippen LogP contribution in [-0.2, 0) is 11.2 Å². The lowest BCUT2D eigenvalue weighted by atomic mass is 10.1. The number of halogens is 3. The molecule has 18 heavy (non-hydrogen) atoms. The van der Waals surface area contributed by atoms with Gasteiger partial charge in [0.1, 0.15) is 17.4 Å². The zero-order valence-corrected chi connectivity index (χ0v) is 12.9. The van der Waals surface area contributed by atoms with E-state index in [1.54, 1.807) is 0 Å². The monoisotopic (exact) mass is 336 g/mol. The molecule has 100 valence electrons. The highest BCUT2D eigenvalue weighted by Gasteiger charge is 2.18. The Labute approximate surface area is 118 Å². The summed E-state index contributed by atoms with van der Waals surface area (Å²) in [5.74, 6) is -1.28. The number of ketones is 1. The third-order valence-corrected chi connectivity index (χ3v) is 4.12. The molecule has 0 heterocycles. The van der Waals surface area contributed by atoms with E-state index in [0.717, 1.165) is 6.07 Å². The Hall–Kier alpha value is -0.420. The van der Waals surface area contributed by atoms with Crippen molar-refractivity contribution < 1.29 is 13.6 Å². The molecule has 0 aromatic heterocycles. The molecule has 0 N–H and O–H groups in total. The fraction of sp³-hybridized carbons (Fsp3) is 0.462. The van der Waals surface area contributed by atoms with Gasteiger partial charge >= 0.3 is 0 Å². The molecule has 0 atom stereocenters. The normalized spacial score (nSPS) is 11.7. The van der Waals surface area contributed by atoms with Gasteiger partial charge in [-0.2, -0.15) is 0 Å². The Bertz CT molecular complexity index is 455. The van der Waals surface area contributed by atoms with Crippen molar-refractivity contribution in [3.63, 3.8) is 0 Å². The molecule has 1 rings (SSSR count). The van der Waals surface area contributed by atoms with Crippen LogP contribution in [0.15, 0.2) is 16.6 Å². The van der Waals surface area contributed by atoms with Crippen molar-refractivity contribution in [1.29, 1.82) is 0 Å². The fourth-order valence-electron chi connectivity index (χ4n) is 1.28. The lowest BCUT2D eigenvalue weighted by Gasteiger charge is -2.16. The van der Waals surface area contributed by atoms with Gasteiger partial charge < -0.3 is 0 Å². The van der Waals surface area contributed by atoms with Gasteiger partial charge in [-0.05, 0) is 28.1 Å². The minimum Gasteiger partial charge on any atom is -0.298 e. The van der Waals surface area contributed by atoms with Crippen molar-refractivity contribution in [2.45, 2.75) is 31.9 Å². The molecule has 5 heteroatoms. The van der Waals surface area contributed by atoms with Crippen LogP contribution in [0.4, 0.5) is 8.78 Å². The lowest BCUT2D eigenvalue weighted by molar-refractivity contribution is -0.116. The molecular weight excluding hydrogens is 322 g/mol. The van der Waals surface area contributed by atoms with Crippen LogP contribution in [0.3, 0.4) is 0 Å². The fourth-order valence-corrected chi connectivity index (χ4v) is 2.34. The minimum absolute atomic E-state index is 0.0377. The zero-order chi connectivity index (χ0) is 13.9. The molecule has 0 spiro atoms. The minimum atomic E-state index is -0.691. The van der Waals surface area contributed by atoms with E-state index in [4.69, 9.17) is 0 Å². The molecule has 1 nitrogen and oxygen atoms in total. The summed E-state index contributed by atoms with van der Waals surface area (Å²) in [7, 11) is 0. The van der Waals surface area contributed by atoms with Crippen molar-refractivity contribution in [3.8, 4) is 0 Å². The molecule has 0 unspecified atom stereocenters. The average molecular weight is 337 g/mol. The van der Waals surface area contributed by atoms with Gasteiger partial charge in [-0.1, -0.05) is 20.8 Å². The van der Waals surface area contributed by atoms with Gasteiger partial charge in [-0.15, -0.1) is 11.8 Å². The zero-order valence-electron chi connectivity index (χ0n) is 10.5. The first-order valence-corrected chi connectivity index (χ1v) is 7.26. The molecule has 0 aliphatic heterocycles. The van der Waals surface area contributed by atoms with Gasteiger partial charge in [0.15, 0.2) is 0 Å². The second-order valence-corrected chi connectivity index (χ2v) is 7.59. The van der Waals surface area contributed by atoms with Crippen molar-refractivity contribution in [2.75, 3.05) is 5.75 Å². The second kappa shape index (κ2) is 6.15. The second-order valence-electron chi connectivity index (χ2n) is 4.94. The van der Waals surface area contributed by atoms with E-state index in [1.165, 1.54) is 17.8 Å². The SMILES string of the molecule is CC(C)(C)SCC(=O)Cc1c(F)ccc(Br)c1F. The van der Waals surface area contributed by atoms with Crippen LogP contribution in [0, 0.1) is 11.6 Å². The van der Waals surface area contributed by atoms with Gasteiger partial charge in [-0.25, -0.2) is 8.78 Å². The molecule has 0 fully saturated rings. The van der Waals surface area contributed by atoms with Crippen LogP contribution >= 0.6 is 27.7 Å². The van der Waals surface area contributed by atoms with E-state index in [0.29, 0.717) is 0 Å². The number of hydrogen-bond acceptors (Lipinski definition) is 2. The summed E-state index contributed by atoms with van der Waals surface area (Å²) >= 11 is 4.45. The highest BCUT2D eigenvalue weighted by Crippen LogP contribution is 2.25. The summed E-state index contributed by atoms with van der Waals surface area (Å²) < 4.78 is 27.2. The first-order chi connectivity index (χ1) is 8.20. The average Bonchev–Trinajstić information content (AvgIpc) is 2.26. The molecule has 0 aliphatic carbocycles. The molecule has 0 amide bonds. The predicted molar refractivity (Wildman–Crippen MR) is 75.0 cm³/mol. The van der Waals surface area contributed by atoms with E-state index >= 15 is 0 Å². The van der Waals surface area contributed by atoms with Crippen LogP contribution in [0.1, 0.15) is 26.3 Å². The van der Waals surface area contributed by atoms with Gasteiger partial charge in [0.2, 0.25) is 0 Å². The summed E-state index contributed by atoms with van der Waals surface area (Å²) in [5, 5.41) is 0. The quantitative estimate of drug-likeness (QED) is 0.759. The molecular formula is C13H15BrF2OS. The van der Waals surface area contributed by atoms with Gasteiger partial charge in [0, 0.05) is 16.7 Å². The molecule has 0 saturated heterocycles.